The Morgan fingerprint density at radius 2 is 1.40 bits per heavy atom. The molecule has 2 aromatic rings. The van der Waals surface area contributed by atoms with Gasteiger partial charge in [-0.1, -0.05) is 18.2 Å². The molecule has 0 aliphatic rings. The molecule has 0 fully saturated rings. The Balaban J connectivity index is 2.76. The first-order chi connectivity index (χ1) is 9.21. The summed E-state index contributed by atoms with van der Waals surface area (Å²) < 4.78 is 65.3. The lowest BCUT2D eigenvalue weighted by Crippen LogP contribution is -2.09. The van der Waals surface area contributed by atoms with E-state index in [9.17, 15) is 22.0 Å². The molecule has 2 aromatic carbocycles. The number of aryl methyl sites for hydroxylation is 2. The number of rotatable bonds is 1. The van der Waals surface area contributed by atoms with E-state index in [-0.39, 0.29) is 11.6 Å². The summed E-state index contributed by atoms with van der Waals surface area (Å²) in [6, 6.07) is 5.86. The van der Waals surface area contributed by atoms with Crippen LogP contribution in [0.5, 0.6) is 0 Å². The lowest BCUT2D eigenvalue weighted by molar-refractivity contribution is -0.140. The summed E-state index contributed by atoms with van der Waals surface area (Å²) >= 11 is 0. The van der Waals surface area contributed by atoms with E-state index in [4.69, 9.17) is 0 Å². The summed E-state index contributed by atoms with van der Waals surface area (Å²) in [6.45, 7) is 3.33. The van der Waals surface area contributed by atoms with Gasteiger partial charge in [0.25, 0.3) is 0 Å². The Hall–Kier alpha value is -1.91. The Labute approximate surface area is 112 Å². The molecule has 0 unspecified atom stereocenters. The van der Waals surface area contributed by atoms with Gasteiger partial charge in [0.15, 0.2) is 0 Å². The normalized spacial score (nSPS) is 11.8. The summed E-state index contributed by atoms with van der Waals surface area (Å²) in [6.07, 6.45) is -4.86. The lowest BCUT2D eigenvalue weighted by Gasteiger charge is -2.14. The molecule has 106 valence electrons. The molecule has 0 heterocycles. The van der Waals surface area contributed by atoms with Gasteiger partial charge >= 0.3 is 6.18 Å². The number of halogens is 5. The van der Waals surface area contributed by atoms with Crippen LogP contribution in [0.3, 0.4) is 0 Å². The largest absolute Gasteiger partial charge is 0.419 e. The molecule has 0 nitrogen and oxygen atoms in total. The zero-order valence-corrected chi connectivity index (χ0v) is 10.8. The molecule has 0 saturated heterocycles. The maximum absolute atomic E-state index is 13.9. The monoisotopic (exact) mass is 286 g/mol. The molecule has 0 aromatic heterocycles. The highest BCUT2D eigenvalue weighted by molar-refractivity contribution is 5.72. The molecule has 0 amide bonds. The maximum Gasteiger partial charge on any atom is 0.419 e. The van der Waals surface area contributed by atoms with Gasteiger partial charge in [0.05, 0.1) is 5.56 Å². The van der Waals surface area contributed by atoms with E-state index in [0.29, 0.717) is 22.8 Å². The molecule has 0 N–H and O–H groups in total. The Bertz CT molecular complexity index is 636. The van der Waals surface area contributed by atoms with Gasteiger partial charge in [-0.3, -0.25) is 0 Å². The highest BCUT2D eigenvalue weighted by Crippen LogP contribution is 2.37. The standard InChI is InChI=1S/C15H11F5/c1-8-4-3-5-9(2)14(8)10-6-11(15(18,19)20)13(17)7-12(10)16/h3-7H,1-2H3. The third-order valence-corrected chi connectivity index (χ3v) is 3.11. The van der Waals surface area contributed by atoms with Crippen LogP contribution in [0.2, 0.25) is 0 Å². The molecule has 0 radical (unpaired) electrons. The predicted octanol–water partition coefficient (Wildman–Crippen LogP) is 5.27. The van der Waals surface area contributed by atoms with Crippen LogP contribution in [0.1, 0.15) is 16.7 Å². The third-order valence-electron chi connectivity index (χ3n) is 3.11. The molecule has 0 atom stereocenters. The number of hydrogen-bond donors (Lipinski definition) is 0. The highest BCUT2D eigenvalue weighted by atomic mass is 19.4. The first-order valence-electron chi connectivity index (χ1n) is 5.84. The van der Waals surface area contributed by atoms with Gasteiger partial charge in [0.1, 0.15) is 11.6 Å². The highest BCUT2D eigenvalue weighted by Gasteiger charge is 2.35. The van der Waals surface area contributed by atoms with E-state index in [1.165, 1.54) is 0 Å². The molecule has 0 aliphatic heterocycles. The molecule has 0 aliphatic carbocycles. The van der Waals surface area contributed by atoms with Crippen LogP contribution in [0.25, 0.3) is 11.1 Å². The molecule has 20 heavy (non-hydrogen) atoms. The van der Waals surface area contributed by atoms with E-state index < -0.39 is 23.4 Å². The number of benzene rings is 2. The summed E-state index contributed by atoms with van der Waals surface area (Å²) in [5.41, 5.74) is -0.0892. The van der Waals surface area contributed by atoms with Crippen molar-refractivity contribution in [3.05, 3.63) is 58.7 Å². The van der Waals surface area contributed by atoms with Gasteiger partial charge in [0.2, 0.25) is 0 Å². The SMILES string of the molecule is Cc1cccc(C)c1-c1cc(C(F)(F)F)c(F)cc1F. The fourth-order valence-corrected chi connectivity index (χ4v) is 2.20. The molecule has 5 heteroatoms. The van der Waals surface area contributed by atoms with Crippen molar-refractivity contribution in [3.63, 3.8) is 0 Å². The van der Waals surface area contributed by atoms with E-state index in [1.807, 2.05) is 0 Å². The smallest absolute Gasteiger partial charge is 0.206 e. The third kappa shape index (κ3) is 2.53. The van der Waals surface area contributed by atoms with Crippen molar-refractivity contribution in [2.75, 3.05) is 0 Å². The van der Waals surface area contributed by atoms with Gasteiger partial charge in [0, 0.05) is 11.6 Å². The van der Waals surface area contributed by atoms with Crippen LogP contribution in [0.15, 0.2) is 30.3 Å². The van der Waals surface area contributed by atoms with Crippen LogP contribution in [-0.2, 0) is 6.18 Å². The molecule has 0 bridgehead atoms. The van der Waals surface area contributed by atoms with Crippen molar-refractivity contribution in [2.45, 2.75) is 20.0 Å². The van der Waals surface area contributed by atoms with Crippen molar-refractivity contribution < 1.29 is 22.0 Å². The van der Waals surface area contributed by atoms with E-state index >= 15 is 0 Å². The van der Waals surface area contributed by atoms with Gasteiger partial charge in [-0.2, -0.15) is 13.2 Å². The van der Waals surface area contributed by atoms with Crippen molar-refractivity contribution >= 4 is 0 Å². The second kappa shape index (κ2) is 4.89. The predicted molar refractivity (Wildman–Crippen MR) is 66.3 cm³/mol. The van der Waals surface area contributed by atoms with E-state index in [2.05, 4.69) is 0 Å². The molecule has 0 saturated carbocycles. The second-order valence-corrected chi connectivity index (χ2v) is 4.58. The van der Waals surface area contributed by atoms with Crippen LogP contribution in [-0.4, -0.2) is 0 Å². The van der Waals surface area contributed by atoms with Gasteiger partial charge in [-0.05, 0) is 36.6 Å². The maximum atomic E-state index is 13.9. The van der Waals surface area contributed by atoms with E-state index in [0.717, 1.165) is 0 Å². The summed E-state index contributed by atoms with van der Waals surface area (Å²) in [4.78, 5) is 0. The fourth-order valence-electron chi connectivity index (χ4n) is 2.20. The minimum Gasteiger partial charge on any atom is -0.206 e. The zero-order chi connectivity index (χ0) is 15.1. The lowest BCUT2D eigenvalue weighted by atomic mass is 9.94. The molecular weight excluding hydrogens is 275 g/mol. The van der Waals surface area contributed by atoms with E-state index in [1.54, 1.807) is 32.0 Å². The average molecular weight is 286 g/mol. The van der Waals surface area contributed by atoms with Crippen molar-refractivity contribution in [3.8, 4) is 11.1 Å². The summed E-state index contributed by atoms with van der Waals surface area (Å²) in [7, 11) is 0. The molecule has 0 spiro atoms. The van der Waals surface area contributed by atoms with Crippen LogP contribution in [0, 0.1) is 25.5 Å². The number of alkyl halides is 3. The van der Waals surface area contributed by atoms with Gasteiger partial charge < -0.3 is 0 Å². The van der Waals surface area contributed by atoms with Crippen LogP contribution < -0.4 is 0 Å². The minimum atomic E-state index is -4.86. The molecule has 2 rings (SSSR count). The number of hydrogen-bond acceptors (Lipinski definition) is 0. The van der Waals surface area contributed by atoms with Crippen molar-refractivity contribution in [1.82, 2.24) is 0 Å². The van der Waals surface area contributed by atoms with Crippen LogP contribution in [0.4, 0.5) is 22.0 Å². The average Bonchev–Trinajstić information content (AvgIpc) is 2.29. The van der Waals surface area contributed by atoms with Crippen molar-refractivity contribution in [2.24, 2.45) is 0 Å². The van der Waals surface area contributed by atoms with Crippen LogP contribution >= 0.6 is 0 Å². The zero-order valence-electron chi connectivity index (χ0n) is 10.8. The second-order valence-electron chi connectivity index (χ2n) is 4.58. The summed E-state index contributed by atoms with van der Waals surface area (Å²) in [5.74, 6) is -2.61. The quantitative estimate of drug-likeness (QED) is 0.627. The fraction of sp³-hybridized carbons (Fsp3) is 0.200. The van der Waals surface area contributed by atoms with Gasteiger partial charge in [-0.15, -0.1) is 0 Å². The van der Waals surface area contributed by atoms with Gasteiger partial charge in [-0.25, -0.2) is 8.78 Å². The first kappa shape index (κ1) is 14.5. The minimum absolute atomic E-state index is 0.241. The summed E-state index contributed by atoms with van der Waals surface area (Å²) in [5, 5.41) is 0. The Morgan fingerprint density at radius 3 is 1.90 bits per heavy atom. The topological polar surface area (TPSA) is 0 Å². The first-order valence-corrected chi connectivity index (χ1v) is 5.84. The van der Waals surface area contributed by atoms with Crippen molar-refractivity contribution in [1.29, 1.82) is 0 Å². The molecular formula is C15H11F5. The Kier molecular flexibility index (Phi) is 3.54. The Morgan fingerprint density at radius 1 is 0.850 bits per heavy atom.